The number of alkyl halides is 1. The van der Waals surface area contributed by atoms with Crippen molar-refractivity contribution >= 4 is 11.5 Å². The van der Waals surface area contributed by atoms with Gasteiger partial charge in [-0.05, 0) is 0 Å². The predicted octanol–water partition coefficient (Wildman–Crippen LogP) is 1.71. The summed E-state index contributed by atoms with van der Waals surface area (Å²) in [6, 6.07) is 1.52. The third kappa shape index (κ3) is 6.45. The van der Waals surface area contributed by atoms with Crippen LogP contribution in [0.25, 0.3) is 5.57 Å². The molecule has 28 heavy (non-hydrogen) atoms. The van der Waals surface area contributed by atoms with E-state index >= 15 is 0 Å². The van der Waals surface area contributed by atoms with Crippen LogP contribution in [0.4, 0.5) is 10.3 Å². The third-order valence-corrected chi connectivity index (χ3v) is 6.62. The molecule has 2 aromatic rings. The summed E-state index contributed by atoms with van der Waals surface area (Å²) in [5.74, 6) is 0.121. The number of nitrogens with zero attached hydrogens (tertiary/aromatic N) is 2. The van der Waals surface area contributed by atoms with Gasteiger partial charge < -0.3 is 0 Å². The number of hydrogen-bond acceptors (Lipinski definition) is 3. The number of anilines is 1. The van der Waals surface area contributed by atoms with E-state index in [1.54, 1.807) is 12.4 Å². The molecule has 1 aliphatic carbocycles. The molecule has 0 radical (unpaired) electrons. The number of rotatable bonds is 4. The number of allylic oxidation sites excluding steroid dienone is 12. The van der Waals surface area contributed by atoms with Crippen molar-refractivity contribution in [2.45, 2.75) is 10.8 Å². The van der Waals surface area contributed by atoms with Crippen LogP contribution in [0.15, 0.2) is 89.0 Å². The first-order chi connectivity index (χ1) is 13.7. The number of halogens is 2. The summed E-state index contributed by atoms with van der Waals surface area (Å²) in [5.41, 5.74) is 8.51. The number of nitrogen functional groups attached to an aromatic ring is 1. The quantitative estimate of drug-likeness (QED) is 0.510. The van der Waals surface area contributed by atoms with Crippen LogP contribution in [0.3, 0.4) is 0 Å². The van der Waals surface area contributed by atoms with Crippen molar-refractivity contribution < 1.29 is 25.6 Å². The molecule has 6 heteroatoms. The predicted molar refractivity (Wildman–Crippen MR) is 108 cm³/mol. The third-order valence-electron chi connectivity index (χ3n) is 3.82. The number of H-pyrrole nitrogens is 1. The SMILES string of the molecule is Nc1ncc(C[I-]C2=C/C=C\C=C/C=C\C/C(c3cncc(F)c3)=C\C=C\2)[nH]1. The van der Waals surface area contributed by atoms with Crippen LogP contribution in [-0.4, -0.2) is 15.0 Å². The van der Waals surface area contributed by atoms with E-state index in [0.29, 0.717) is 12.4 Å². The number of aromatic nitrogens is 3. The Kier molecular flexibility index (Phi) is 7.54. The van der Waals surface area contributed by atoms with Crippen molar-refractivity contribution in [1.82, 2.24) is 15.0 Å². The van der Waals surface area contributed by atoms with Crippen molar-refractivity contribution in [3.8, 4) is 0 Å². The molecule has 2 heterocycles. The topological polar surface area (TPSA) is 67.6 Å². The Labute approximate surface area is 174 Å². The summed E-state index contributed by atoms with van der Waals surface area (Å²) in [5, 5.41) is 0. The van der Waals surface area contributed by atoms with E-state index in [1.165, 1.54) is 15.8 Å². The summed E-state index contributed by atoms with van der Waals surface area (Å²) in [7, 11) is 0. The van der Waals surface area contributed by atoms with E-state index in [-0.39, 0.29) is 27.0 Å². The van der Waals surface area contributed by atoms with Gasteiger partial charge in [0.1, 0.15) is 0 Å². The summed E-state index contributed by atoms with van der Waals surface area (Å²) < 4.78 is 15.8. The summed E-state index contributed by atoms with van der Waals surface area (Å²) in [6.07, 6.45) is 25.8. The van der Waals surface area contributed by atoms with Crippen LogP contribution < -0.4 is 26.9 Å². The molecule has 4 nitrogen and oxygen atoms in total. The molecular formula is C22H21FIN4-. The molecule has 2 aromatic heterocycles. The maximum atomic E-state index is 13.6. The molecule has 0 unspecified atom stereocenters. The Morgan fingerprint density at radius 1 is 1.04 bits per heavy atom. The second-order valence-corrected chi connectivity index (χ2v) is 8.73. The van der Waals surface area contributed by atoms with Gasteiger partial charge in [0.2, 0.25) is 0 Å². The van der Waals surface area contributed by atoms with Gasteiger partial charge in [-0.3, -0.25) is 0 Å². The van der Waals surface area contributed by atoms with E-state index in [0.717, 1.165) is 21.3 Å². The van der Waals surface area contributed by atoms with Crippen LogP contribution in [-0.2, 0) is 4.43 Å². The van der Waals surface area contributed by atoms with Crippen LogP contribution in [0.1, 0.15) is 17.7 Å². The van der Waals surface area contributed by atoms with Gasteiger partial charge in [0.05, 0.1) is 0 Å². The zero-order valence-electron chi connectivity index (χ0n) is 15.2. The molecule has 1 aliphatic rings. The summed E-state index contributed by atoms with van der Waals surface area (Å²) >= 11 is -0.255. The fraction of sp³-hybridized carbons (Fsp3) is 0.0909. The molecule has 0 amide bonds. The van der Waals surface area contributed by atoms with Gasteiger partial charge in [-0.2, -0.15) is 0 Å². The molecule has 0 spiro atoms. The number of nitrogens with two attached hydrogens (primary N) is 1. The second kappa shape index (κ2) is 10.6. The van der Waals surface area contributed by atoms with Crippen molar-refractivity contribution in [2.75, 3.05) is 5.73 Å². The number of hydrogen-bond donors (Lipinski definition) is 2. The Bertz CT molecular complexity index is 980. The van der Waals surface area contributed by atoms with Crippen LogP contribution >= 0.6 is 0 Å². The first-order valence-corrected chi connectivity index (χ1v) is 11.4. The van der Waals surface area contributed by atoms with Crippen LogP contribution in [0.5, 0.6) is 0 Å². The maximum absolute atomic E-state index is 13.6. The Balaban J connectivity index is 1.82. The zero-order chi connectivity index (χ0) is 19.6. The number of nitrogens with one attached hydrogen (secondary N) is 1. The molecule has 0 bridgehead atoms. The Morgan fingerprint density at radius 3 is 2.71 bits per heavy atom. The first kappa shape index (κ1) is 20.0. The van der Waals surface area contributed by atoms with E-state index in [9.17, 15) is 4.39 Å². The van der Waals surface area contributed by atoms with Crippen LogP contribution in [0.2, 0.25) is 0 Å². The molecular weight excluding hydrogens is 466 g/mol. The molecule has 0 aromatic carbocycles. The second-order valence-electron chi connectivity index (χ2n) is 5.96. The standard InChI is InChI=1S/C22H21FIN4/c23-19-12-18(14-26-15-19)17-8-5-3-1-2-4-6-10-20(11-7-9-17)24-13-21-16-27-22(25)28-21/h1-7,9-12,14-16H,8,13H2,(H3,25,27,28)/q-1/b2-1-,5-3-,6-4-,11-7+,17-9+,20-10+. The molecule has 3 rings (SSSR count). The number of imidazole rings is 1. The van der Waals surface area contributed by atoms with Crippen LogP contribution in [0, 0.1) is 5.82 Å². The molecule has 3 N–H and O–H groups in total. The van der Waals surface area contributed by atoms with Crippen molar-refractivity contribution in [3.05, 3.63) is 106 Å². The summed E-state index contributed by atoms with van der Waals surface area (Å²) in [4.78, 5) is 11.1. The number of aromatic amines is 1. The fourth-order valence-corrected chi connectivity index (χ4v) is 4.64. The van der Waals surface area contributed by atoms with Crippen molar-refractivity contribution in [1.29, 1.82) is 0 Å². The van der Waals surface area contributed by atoms with E-state index in [2.05, 4.69) is 33.2 Å². The van der Waals surface area contributed by atoms with E-state index in [4.69, 9.17) is 5.73 Å². The molecule has 0 aliphatic heterocycles. The van der Waals surface area contributed by atoms with Crippen molar-refractivity contribution in [3.63, 3.8) is 0 Å². The number of pyridine rings is 1. The van der Waals surface area contributed by atoms with Gasteiger partial charge in [0.25, 0.3) is 0 Å². The Morgan fingerprint density at radius 2 is 1.89 bits per heavy atom. The molecule has 144 valence electrons. The average molecular weight is 487 g/mol. The van der Waals surface area contributed by atoms with Crippen molar-refractivity contribution in [2.24, 2.45) is 0 Å². The first-order valence-electron chi connectivity index (χ1n) is 8.77. The molecule has 0 atom stereocenters. The minimum absolute atomic E-state index is 0.255. The average Bonchev–Trinajstić information content (AvgIpc) is 3.11. The van der Waals surface area contributed by atoms with Gasteiger partial charge in [-0.25, -0.2) is 0 Å². The van der Waals surface area contributed by atoms with Gasteiger partial charge in [-0.1, -0.05) is 0 Å². The molecule has 0 saturated carbocycles. The van der Waals surface area contributed by atoms with Gasteiger partial charge >= 0.3 is 175 Å². The van der Waals surface area contributed by atoms with E-state index in [1.807, 2.05) is 42.5 Å². The minimum atomic E-state index is -0.330. The molecule has 0 saturated heterocycles. The van der Waals surface area contributed by atoms with Gasteiger partial charge in [0.15, 0.2) is 0 Å². The monoisotopic (exact) mass is 487 g/mol. The van der Waals surface area contributed by atoms with Gasteiger partial charge in [0, 0.05) is 0 Å². The zero-order valence-corrected chi connectivity index (χ0v) is 17.4. The Hall–Kier alpha value is -2.74. The van der Waals surface area contributed by atoms with Gasteiger partial charge in [-0.15, -0.1) is 0 Å². The molecule has 0 fully saturated rings. The summed E-state index contributed by atoms with van der Waals surface area (Å²) in [6.45, 7) is 0. The fourth-order valence-electron chi connectivity index (χ4n) is 2.48. The normalized spacial score (nSPS) is 23.2. The van der Waals surface area contributed by atoms with E-state index < -0.39 is 0 Å².